The molecule has 23 heavy (non-hydrogen) atoms. The first-order valence-electron chi connectivity index (χ1n) is 8.20. The van der Waals surface area contributed by atoms with Crippen LogP contribution in [-0.4, -0.2) is 53.5 Å². The molecule has 2 amide bonds. The maximum absolute atomic E-state index is 12.1. The van der Waals surface area contributed by atoms with Gasteiger partial charge in [0, 0.05) is 31.4 Å². The average Bonchev–Trinajstić information content (AvgIpc) is 3.02. The minimum absolute atomic E-state index is 0.0360. The van der Waals surface area contributed by atoms with Crippen molar-refractivity contribution in [1.82, 2.24) is 15.5 Å². The second-order valence-corrected chi connectivity index (χ2v) is 7.15. The van der Waals surface area contributed by atoms with Crippen LogP contribution in [0.1, 0.15) is 18.4 Å². The molecule has 6 heteroatoms. The molecule has 3 rings (SSSR count). The minimum atomic E-state index is -0.358. The second-order valence-electron chi connectivity index (χ2n) is 6.16. The molecule has 1 aromatic carbocycles. The molecule has 0 radical (unpaired) electrons. The molecule has 0 aliphatic carbocycles. The lowest BCUT2D eigenvalue weighted by atomic mass is 10.0. The van der Waals surface area contributed by atoms with Crippen molar-refractivity contribution in [3.05, 3.63) is 35.9 Å². The van der Waals surface area contributed by atoms with Gasteiger partial charge >= 0.3 is 0 Å². The van der Waals surface area contributed by atoms with E-state index in [-0.39, 0.29) is 23.2 Å². The van der Waals surface area contributed by atoms with Crippen molar-refractivity contribution in [2.24, 2.45) is 0 Å². The third-order valence-corrected chi connectivity index (χ3v) is 5.36. The van der Waals surface area contributed by atoms with E-state index in [9.17, 15) is 9.59 Å². The van der Waals surface area contributed by atoms with E-state index in [1.54, 1.807) is 0 Å². The lowest BCUT2D eigenvalue weighted by Gasteiger charge is -2.32. The molecule has 2 aliphatic heterocycles. The first-order valence-corrected chi connectivity index (χ1v) is 9.19. The Bertz CT molecular complexity index is 544. The molecule has 1 aromatic rings. The van der Waals surface area contributed by atoms with Crippen molar-refractivity contribution >= 4 is 22.9 Å². The SMILES string of the molecule is O=C1NC(C(=O)NC2CCN(CCc3ccccc3)CC2)CS1. The number of hydrogen-bond acceptors (Lipinski definition) is 4. The zero-order chi connectivity index (χ0) is 16.1. The number of likely N-dealkylation sites (tertiary alicyclic amines) is 1. The van der Waals surface area contributed by atoms with E-state index >= 15 is 0 Å². The van der Waals surface area contributed by atoms with Crippen molar-refractivity contribution in [3.8, 4) is 0 Å². The summed E-state index contributed by atoms with van der Waals surface area (Å²) in [4.78, 5) is 25.7. The molecule has 2 N–H and O–H groups in total. The van der Waals surface area contributed by atoms with E-state index in [4.69, 9.17) is 0 Å². The molecular formula is C17H23N3O2S. The second kappa shape index (κ2) is 7.84. The Labute approximate surface area is 141 Å². The molecule has 5 nitrogen and oxygen atoms in total. The van der Waals surface area contributed by atoms with Gasteiger partial charge in [-0.1, -0.05) is 42.1 Å². The third-order valence-electron chi connectivity index (χ3n) is 4.48. The van der Waals surface area contributed by atoms with Crippen molar-refractivity contribution in [1.29, 1.82) is 0 Å². The number of rotatable bonds is 5. The minimum Gasteiger partial charge on any atom is -0.351 e. The van der Waals surface area contributed by atoms with Gasteiger partial charge in [-0.15, -0.1) is 0 Å². The molecule has 0 aromatic heterocycles. The van der Waals surface area contributed by atoms with Crippen LogP contribution in [0.5, 0.6) is 0 Å². The van der Waals surface area contributed by atoms with Gasteiger partial charge in [-0.25, -0.2) is 0 Å². The number of carbonyl (C=O) groups excluding carboxylic acids is 2. The maximum atomic E-state index is 12.1. The van der Waals surface area contributed by atoms with Crippen LogP contribution in [-0.2, 0) is 11.2 Å². The quantitative estimate of drug-likeness (QED) is 0.860. The Morgan fingerprint density at radius 2 is 2.00 bits per heavy atom. The van der Waals surface area contributed by atoms with Gasteiger partial charge in [0.05, 0.1) is 0 Å². The highest BCUT2D eigenvalue weighted by atomic mass is 32.2. The lowest BCUT2D eigenvalue weighted by molar-refractivity contribution is -0.123. The predicted molar refractivity (Wildman–Crippen MR) is 92.5 cm³/mol. The zero-order valence-corrected chi connectivity index (χ0v) is 14.0. The number of nitrogens with zero attached hydrogens (tertiary/aromatic N) is 1. The van der Waals surface area contributed by atoms with Gasteiger partial charge in [-0.3, -0.25) is 9.59 Å². The average molecular weight is 333 g/mol. The summed E-state index contributed by atoms with van der Waals surface area (Å²) in [6.07, 6.45) is 3.03. The van der Waals surface area contributed by atoms with Crippen LogP contribution in [0.3, 0.4) is 0 Å². The monoisotopic (exact) mass is 333 g/mol. The standard InChI is InChI=1S/C17H23N3O2S/c21-16(15-12-23-17(22)19-15)18-14-7-10-20(11-8-14)9-6-13-4-2-1-3-5-13/h1-5,14-15H,6-12H2,(H,18,21)(H,19,22). The van der Waals surface area contributed by atoms with Crippen LogP contribution < -0.4 is 10.6 Å². The summed E-state index contributed by atoms with van der Waals surface area (Å²) in [5, 5.41) is 5.68. The Balaban J connectivity index is 1.37. The number of piperidine rings is 1. The number of hydrogen-bond donors (Lipinski definition) is 2. The Kier molecular flexibility index (Phi) is 5.56. The highest BCUT2D eigenvalue weighted by molar-refractivity contribution is 8.14. The van der Waals surface area contributed by atoms with Crippen molar-refractivity contribution < 1.29 is 9.59 Å². The summed E-state index contributed by atoms with van der Waals surface area (Å²) in [6, 6.07) is 10.4. The van der Waals surface area contributed by atoms with Crippen molar-refractivity contribution in [2.75, 3.05) is 25.4 Å². The molecule has 2 saturated heterocycles. The van der Waals surface area contributed by atoms with Crippen molar-refractivity contribution in [2.45, 2.75) is 31.3 Å². The molecule has 2 heterocycles. The molecule has 124 valence electrons. The van der Waals surface area contributed by atoms with Gasteiger partial charge in [-0.05, 0) is 24.8 Å². The molecule has 0 bridgehead atoms. The van der Waals surface area contributed by atoms with Crippen molar-refractivity contribution in [3.63, 3.8) is 0 Å². The first kappa shape index (κ1) is 16.3. The van der Waals surface area contributed by atoms with Gasteiger partial charge in [0.15, 0.2) is 0 Å². The summed E-state index contributed by atoms with van der Waals surface area (Å²) in [5.74, 6) is 0.506. The summed E-state index contributed by atoms with van der Waals surface area (Å²) in [7, 11) is 0. The van der Waals surface area contributed by atoms with Gasteiger partial charge in [0.1, 0.15) is 6.04 Å². The van der Waals surface area contributed by atoms with Gasteiger partial charge in [0.25, 0.3) is 5.24 Å². The van der Waals surface area contributed by atoms with Crippen LogP contribution in [0.15, 0.2) is 30.3 Å². The van der Waals surface area contributed by atoms with Gasteiger partial charge < -0.3 is 15.5 Å². The fourth-order valence-electron chi connectivity index (χ4n) is 3.06. The molecule has 2 aliphatic rings. The largest absolute Gasteiger partial charge is 0.351 e. The Morgan fingerprint density at radius 1 is 1.26 bits per heavy atom. The van der Waals surface area contributed by atoms with Crippen LogP contribution in [0.2, 0.25) is 0 Å². The summed E-state index contributed by atoms with van der Waals surface area (Å²) in [5.41, 5.74) is 1.37. The van der Waals surface area contributed by atoms with Crippen LogP contribution in [0.4, 0.5) is 4.79 Å². The third kappa shape index (κ3) is 4.72. The molecule has 1 atom stereocenters. The maximum Gasteiger partial charge on any atom is 0.279 e. The van der Waals surface area contributed by atoms with E-state index in [0.29, 0.717) is 5.75 Å². The number of carbonyl (C=O) groups is 2. The first-order chi connectivity index (χ1) is 11.2. The van der Waals surface area contributed by atoms with E-state index in [1.165, 1.54) is 17.3 Å². The molecule has 1 unspecified atom stereocenters. The Morgan fingerprint density at radius 3 is 2.65 bits per heavy atom. The van der Waals surface area contributed by atoms with E-state index < -0.39 is 0 Å². The number of thioether (sulfide) groups is 1. The van der Waals surface area contributed by atoms with Gasteiger partial charge in [0.2, 0.25) is 5.91 Å². The van der Waals surface area contributed by atoms with Gasteiger partial charge in [-0.2, -0.15) is 0 Å². The van der Waals surface area contributed by atoms with E-state index in [1.807, 2.05) is 6.07 Å². The predicted octanol–water partition coefficient (Wildman–Crippen LogP) is 1.63. The lowest BCUT2D eigenvalue weighted by Crippen LogP contribution is -2.50. The van der Waals surface area contributed by atoms with E-state index in [0.717, 1.165) is 38.9 Å². The van der Waals surface area contributed by atoms with Crippen LogP contribution in [0.25, 0.3) is 0 Å². The summed E-state index contributed by atoms with van der Waals surface area (Å²) < 4.78 is 0. The smallest absolute Gasteiger partial charge is 0.279 e. The fraction of sp³-hybridized carbons (Fsp3) is 0.529. The molecule has 2 fully saturated rings. The van der Waals surface area contributed by atoms with Crippen LogP contribution in [0, 0.1) is 0 Å². The number of benzene rings is 1. The number of amides is 2. The highest BCUT2D eigenvalue weighted by Crippen LogP contribution is 2.15. The fourth-order valence-corrected chi connectivity index (χ4v) is 3.84. The molecule has 0 spiro atoms. The van der Waals surface area contributed by atoms with Crippen LogP contribution >= 0.6 is 11.8 Å². The Hall–Kier alpha value is -1.53. The molecule has 0 saturated carbocycles. The molecular weight excluding hydrogens is 310 g/mol. The summed E-state index contributed by atoms with van der Waals surface area (Å²) >= 11 is 1.18. The number of nitrogens with one attached hydrogen (secondary N) is 2. The summed E-state index contributed by atoms with van der Waals surface area (Å²) in [6.45, 7) is 3.10. The zero-order valence-electron chi connectivity index (χ0n) is 13.2. The normalized spacial score (nSPS) is 22.8. The van der Waals surface area contributed by atoms with E-state index in [2.05, 4.69) is 39.8 Å². The topological polar surface area (TPSA) is 61.4 Å². The highest BCUT2D eigenvalue weighted by Gasteiger charge is 2.30.